The summed E-state index contributed by atoms with van der Waals surface area (Å²) in [4.78, 5) is 15.9. The van der Waals surface area contributed by atoms with Crippen LogP contribution >= 0.6 is 12.2 Å². The largest absolute Gasteiger partial charge is 0.469 e. The normalized spacial score (nSPS) is 14.6. The molecule has 0 amide bonds. The highest BCUT2D eigenvalue weighted by molar-refractivity contribution is 7.80. The number of carbonyl (C=O) groups is 1. The van der Waals surface area contributed by atoms with Crippen LogP contribution in [0.4, 0.5) is 0 Å². The minimum Gasteiger partial charge on any atom is -0.469 e. The van der Waals surface area contributed by atoms with Gasteiger partial charge in [-0.25, -0.2) is 0 Å². The van der Waals surface area contributed by atoms with Gasteiger partial charge in [0.15, 0.2) is 5.11 Å². The van der Waals surface area contributed by atoms with Gasteiger partial charge < -0.3 is 15.0 Å². The van der Waals surface area contributed by atoms with Crippen molar-refractivity contribution in [2.45, 2.75) is 18.9 Å². The molecule has 29 heavy (non-hydrogen) atoms. The standard InChI is InChI=1S/C23H29N3O2S/c1-28-21(27)13-8-14-24-23(29)26-17-15-25(16-18-26)22(19-9-4-2-5-10-19)20-11-6-3-7-12-20/h2-7,9-12,22H,8,13-18H2,1H3,(H,24,29). The molecular formula is C23H29N3O2S. The van der Waals surface area contributed by atoms with Crippen LogP contribution in [-0.2, 0) is 9.53 Å². The molecule has 1 aliphatic heterocycles. The summed E-state index contributed by atoms with van der Waals surface area (Å²) in [6, 6.07) is 21.6. The van der Waals surface area contributed by atoms with Gasteiger partial charge in [0, 0.05) is 39.1 Å². The Labute approximate surface area is 178 Å². The van der Waals surface area contributed by atoms with E-state index >= 15 is 0 Å². The molecule has 0 aliphatic carbocycles. The molecule has 1 fully saturated rings. The van der Waals surface area contributed by atoms with Crippen LogP contribution in [0.3, 0.4) is 0 Å². The highest BCUT2D eigenvalue weighted by atomic mass is 32.1. The van der Waals surface area contributed by atoms with E-state index in [9.17, 15) is 4.79 Å². The van der Waals surface area contributed by atoms with Gasteiger partial charge in [-0.2, -0.15) is 0 Å². The third kappa shape index (κ3) is 6.02. The number of methoxy groups -OCH3 is 1. The highest BCUT2D eigenvalue weighted by Crippen LogP contribution is 2.29. The summed E-state index contributed by atoms with van der Waals surface area (Å²) in [5.41, 5.74) is 2.63. The number of hydrogen-bond acceptors (Lipinski definition) is 4. The molecule has 1 heterocycles. The second kappa shape index (κ2) is 10.9. The first-order chi connectivity index (χ1) is 14.2. The fourth-order valence-corrected chi connectivity index (χ4v) is 3.99. The van der Waals surface area contributed by atoms with E-state index in [0.717, 1.165) is 37.7 Å². The lowest BCUT2D eigenvalue weighted by Gasteiger charge is -2.40. The molecule has 0 aromatic heterocycles. The summed E-state index contributed by atoms with van der Waals surface area (Å²) in [7, 11) is 1.41. The average molecular weight is 412 g/mol. The molecule has 0 saturated carbocycles. The number of nitrogens with zero attached hydrogens (tertiary/aromatic N) is 2. The van der Waals surface area contributed by atoms with Crippen LogP contribution in [-0.4, -0.2) is 60.7 Å². The zero-order valence-electron chi connectivity index (χ0n) is 16.9. The van der Waals surface area contributed by atoms with Crippen molar-refractivity contribution in [3.05, 3.63) is 71.8 Å². The third-order valence-corrected chi connectivity index (χ3v) is 5.66. The number of esters is 1. The number of carbonyl (C=O) groups excluding carboxylic acids is 1. The van der Waals surface area contributed by atoms with Gasteiger partial charge in [-0.05, 0) is 29.8 Å². The van der Waals surface area contributed by atoms with Crippen LogP contribution in [0, 0.1) is 0 Å². The number of rotatable bonds is 7. The fourth-order valence-electron chi connectivity index (χ4n) is 3.71. The molecule has 0 unspecified atom stereocenters. The Hall–Kier alpha value is -2.44. The smallest absolute Gasteiger partial charge is 0.305 e. The summed E-state index contributed by atoms with van der Waals surface area (Å²) < 4.78 is 4.67. The summed E-state index contributed by atoms with van der Waals surface area (Å²) in [5.74, 6) is -0.181. The average Bonchev–Trinajstić information content (AvgIpc) is 2.78. The number of ether oxygens (including phenoxy) is 1. The van der Waals surface area contributed by atoms with Crippen LogP contribution in [0.5, 0.6) is 0 Å². The van der Waals surface area contributed by atoms with Gasteiger partial charge in [-0.1, -0.05) is 60.7 Å². The fraction of sp³-hybridized carbons (Fsp3) is 0.391. The van der Waals surface area contributed by atoms with Crippen molar-refractivity contribution in [1.82, 2.24) is 15.1 Å². The van der Waals surface area contributed by atoms with Gasteiger partial charge in [0.05, 0.1) is 13.2 Å². The van der Waals surface area contributed by atoms with Gasteiger partial charge in [0.1, 0.15) is 0 Å². The monoisotopic (exact) mass is 411 g/mol. The number of thiocarbonyl (C=S) groups is 1. The number of piperazine rings is 1. The maximum absolute atomic E-state index is 11.2. The minimum atomic E-state index is -0.181. The topological polar surface area (TPSA) is 44.8 Å². The molecule has 6 heteroatoms. The minimum absolute atomic E-state index is 0.181. The van der Waals surface area contributed by atoms with Crippen molar-refractivity contribution in [3.63, 3.8) is 0 Å². The molecule has 0 atom stereocenters. The predicted octanol–water partition coefficient (Wildman–Crippen LogP) is 3.22. The first kappa shape index (κ1) is 21.3. The van der Waals surface area contributed by atoms with Gasteiger partial charge in [0.25, 0.3) is 0 Å². The van der Waals surface area contributed by atoms with E-state index in [1.54, 1.807) is 0 Å². The van der Waals surface area contributed by atoms with Gasteiger partial charge >= 0.3 is 5.97 Å². The van der Waals surface area contributed by atoms with Gasteiger partial charge in [0.2, 0.25) is 0 Å². The van der Waals surface area contributed by atoms with Crippen LogP contribution in [0.2, 0.25) is 0 Å². The quantitative estimate of drug-likeness (QED) is 0.429. The molecule has 1 saturated heterocycles. The molecule has 1 aliphatic rings. The van der Waals surface area contributed by atoms with E-state index in [1.807, 2.05) is 0 Å². The lowest BCUT2D eigenvalue weighted by atomic mass is 9.96. The van der Waals surface area contributed by atoms with Crippen LogP contribution in [0.25, 0.3) is 0 Å². The molecule has 3 rings (SSSR count). The predicted molar refractivity (Wildman–Crippen MR) is 120 cm³/mol. The molecule has 5 nitrogen and oxygen atoms in total. The Morgan fingerprint density at radius 3 is 2.07 bits per heavy atom. The van der Waals surface area contributed by atoms with E-state index in [-0.39, 0.29) is 12.0 Å². The first-order valence-electron chi connectivity index (χ1n) is 10.1. The van der Waals surface area contributed by atoms with Crippen molar-refractivity contribution in [2.24, 2.45) is 0 Å². The molecule has 0 bridgehead atoms. The zero-order valence-corrected chi connectivity index (χ0v) is 17.7. The van der Waals surface area contributed by atoms with Gasteiger partial charge in [-0.15, -0.1) is 0 Å². The summed E-state index contributed by atoms with van der Waals surface area (Å²) >= 11 is 5.55. The van der Waals surface area contributed by atoms with E-state index in [0.29, 0.717) is 13.0 Å². The van der Waals surface area contributed by atoms with Gasteiger partial charge in [-0.3, -0.25) is 9.69 Å². The second-order valence-corrected chi connectivity index (χ2v) is 7.55. The lowest BCUT2D eigenvalue weighted by Crippen LogP contribution is -2.52. The maximum atomic E-state index is 11.2. The lowest BCUT2D eigenvalue weighted by molar-refractivity contribution is -0.140. The van der Waals surface area contributed by atoms with Crippen molar-refractivity contribution in [3.8, 4) is 0 Å². The Bertz CT molecular complexity index is 738. The van der Waals surface area contributed by atoms with E-state index < -0.39 is 0 Å². The van der Waals surface area contributed by atoms with Crippen LogP contribution in [0.15, 0.2) is 60.7 Å². The van der Waals surface area contributed by atoms with Crippen molar-refractivity contribution in [1.29, 1.82) is 0 Å². The molecule has 0 radical (unpaired) electrons. The molecule has 0 spiro atoms. The maximum Gasteiger partial charge on any atom is 0.305 e. The van der Waals surface area contributed by atoms with E-state index in [2.05, 4.69) is 80.5 Å². The summed E-state index contributed by atoms with van der Waals surface area (Å²) in [6.45, 7) is 4.35. The molecule has 2 aromatic carbocycles. The first-order valence-corrected chi connectivity index (χ1v) is 10.5. The van der Waals surface area contributed by atoms with Crippen LogP contribution in [0.1, 0.15) is 30.0 Å². The molecule has 1 N–H and O–H groups in total. The Morgan fingerprint density at radius 2 is 1.55 bits per heavy atom. The van der Waals surface area contributed by atoms with E-state index in [4.69, 9.17) is 12.2 Å². The number of benzene rings is 2. The Morgan fingerprint density at radius 1 is 1.00 bits per heavy atom. The third-order valence-electron chi connectivity index (χ3n) is 5.26. The van der Waals surface area contributed by atoms with Crippen molar-refractivity contribution in [2.75, 3.05) is 39.8 Å². The summed E-state index contributed by atoms with van der Waals surface area (Å²) in [5, 5.41) is 4.04. The number of nitrogens with one attached hydrogen (secondary N) is 1. The number of hydrogen-bond donors (Lipinski definition) is 1. The molecular weight excluding hydrogens is 382 g/mol. The SMILES string of the molecule is COC(=O)CCCNC(=S)N1CCN(C(c2ccccc2)c2ccccc2)CC1. The Kier molecular flexibility index (Phi) is 8.02. The zero-order chi connectivity index (χ0) is 20.5. The van der Waals surface area contributed by atoms with Crippen molar-refractivity contribution >= 4 is 23.3 Å². The molecule has 2 aromatic rings. The summed E-state index contributed by atoms with van der Waals surface area (Å²) in [6.07, 6.45) is 1.13. The van der Waals surface area contributed by atoms with Crippen LogP contribution < -0.4 is 5.32 Å². The second-order valence-electron chi connectivity index (χ2n) is 7.16. The Balaban J connectivity index is 1.56. The highest BCUT2D eigenvalue weighted by Gasteiger charge is 2.27. The van der Waals surface area contributed by atoms with Crippen molar-refractivity contribution < 1.29 is 9.53 Å². The van der Waals surface area contributed by atoms with E-state index in [1.165, 1.54) is 18.2 Å². The molecule has 154 valence electrons.